The van der Waals surface area contributed by atoms with E-state index in [1.165, 1.54) is 6.42 Å². The zero-order valence-electron chi connectivity index (χ0n) is 5.71. The Morgan fingerprint density at radius 1 is 1.70 bits per heavy atom. The maximum Gasteiger partial charge on any atom is 0.0989 e. The van der Waals surface area contributed by atoms with Gasteiger partial charge in [0.1, 0.15) is 0 Å². The van der Waals surface area contributed by atoms with E-state index in [2.05, 4.69) is 9.97 Å². The van der Waals surface area contributed by atoms with Crippen LogP contribution in [-0.2, 0) is 4.74 Å². The highest BCUT2D eigenvalue weighted by Gasteiger charge is 2.17. The average molecular weight is 138 g/mol. The van der Waals surface area contributed by atoms with Gasteiger partial charge in [-0.25, -0.2) is 4.98 Å². The number of hydrogen-bond donors (Lipinski definition) is 1. The van der Waals surface area contributed by atoms with Crippen LogP contribution in [0.25, 0.3) is 0 Å². The number of hydrogen-bond acceptors (Lipinski definition) is 2. The second kappa shape index (κ2) is 2.42. The molecule has 0 aliphatic carbocycles. The van der Waals surface area contributed by atoms with Gasteiger partial charge in [-0.15, -0.1) is 0 Å². The molecular formula is C7H10N2O. The molecule has 1 N–H and O–H groups in total. The second-order valence-corrected chi connectivity index (χ2v) is 2.51. The Morgan fingerprint density at radius 2 is 2.70 bits per heavy atom. The van der Waals surface area contributed by atoms with Crippen LogP contribution >= 0.6 is 0 Å². The number of H-pyrrole nitrogens is 1. The number of aromatic amines is 1. The van der Waals surface area contributed by atoms with Gasteiger partial charge >= 0.3 is 0 Å². The van der Waals surface area contributed by atoms with E-state index in [4.69, 9.17) is 4.74 Å². The Bertz CT molecular complexity index is 189. The van der Waals surface area contributed by atoms with Gasteiger partial charge in [0.25, 0.3) is 0 Å². The molecule has 1 atom stereocenters. The fourth-order valence-corrected chi connectivity index (χ4v) is 1.27. The first-order chi connectivity index (χ1) is 4.97. The number of nitrogens with one attached hydrogen (secondary N) is 1. The Hall–Kier alpha value is -0.830. The lowest BCUT2D eigenvalue weighted by Crippen LogP contribution is -1.94. The van der Waals surface area contributed by atoms with Crippen molar-refractivity contribution in [2.24, 2.45) is 0 Å². The van der Waals surface area contributed by atoms with E-state index < -0.39 is 0 Å². The summed E-state index contributed by atoms with van der Waals surface area (Å²) < 4.78 is 5.43. The first-order valence-electron chi connectivity index (χ1n) is 3.57. The molecule has 1 fully saturated rings. The van der Waals surface area contributed by atoms with E-state index in [1.807, 2.05) is 6.20 Å². The molecule has 3 nitrogen and oxygen atoms in total. The molecule has 0 aromatic carbocycles. The Kier molecular flexibility index (Phi) is 1.43. The minimum Gasteiger partial charge on any atom is -0.372 e. The fourth-order valence-electron chi connectivity index (χ4n) is 1.27. The van der Waals surface area contributed by atoms with Crippen LogP contribution in [0.15, 0.2) is 12.5 Å². The minimum absolute atomic E-state index is 0.280. The molecule has 0 bridgehead atoms. The van der Waals surface area contributed by atoms with Crippen LogP contribution < -0.4 is 0 Å². The standard InChI is InChI=1S/C7H10N2O/c1-2-7(10-3-1)6-4-8-5-9-6/h4-5,7H,1-3H2,(H,8,9)/t7-/m0/s1. The second-order valence-electron chi connectivity index (χ2n) is 2.51. The van der Waals surface area contributed by atoms with Crippen LogP contribution in [0.4, 0.5) is 0 Å². The zero-order valence-corrected chi connectivity index (χ0v) is 5.71. The average Bonchev–Trinajstić information content (AvgIpc) is 2.59. The van der Waals surface area contributed by atoms with Crippen LogP contribution in [0.3, 0.4) is 0 Å². The third kappa shape index (κ3) is 0.926. The summed E-state index contributed by atoms with van der Waals surface area (Å²) in [5, 5.41) is 0. The number of ether oxygens (including phenoxy) is 1. The molecule has 3 heteroatoms. The predicted octanol–water partition coefficient (Wildman–Crippen LogP) is 1.26. The number of rotatable bonds is 1. The molecule has 0 radical (unpaired) electrons. The summed E-state index contributed by atoms with van der Waals surface area (Å²) in [4.78, 5) is 6.97. The molecule has 0 unspecified atom stereocenters. The van der Waals surface area contributed by atoms with Gasteiger partial charge in [-0.3, -0.25) is 0 Å². The van der Waals surface area contributed by atoms with E-state index >= 15 is 0 Å². The molecular weight excluding hydrogens is 128 g/mol. The Labute approximate surface area is 59.4 Å². The van der Waals surface area contributed by atoms with E-state index in [0.29, 0.717) is 0 Å². The molecule has 0 saturated carbocycles. The van der Waals surface area contributed by atoms with Crippen LogP contribution in [0.2, 0.25) is 0 Å². The van der Waals surface area contributed by atoms with E-state index in [-0.39, 0.29) is 6.10 Å². The number of imidazole rings is 1. The van der Waals surface area contributed by atoms with E-state index in [9.17, 15) is 0 Å². The molecule has 1 saturated heterocycles. The highest BCUT2D eigenvalue weighted by molar-refractivity contribution is 5.00. The summed E-state index contributed by atoms with van der Waals surface area (Å²) in [6.07, 6.45) is 6.10. The van der Waals surface area contributed by atoms with Gasteiger partial charge in [0.2, 0.25) is 0 Å². The smallest absolute Gasteiger partial charge is 0.0989 e. The summed E-state index contributed by atoms with van der Waals surface area (Å²) in [5.74, 6) is 0. The largest absolute Gasteiger partial charge is 0.372 e. The molecule has 1 aliphatic rings. The summed E-state index contributed by atoms with van der Waals surface area (Å²) >= 11 is 0. The van der Waals surface area contributed by atoms with Crippen LogP contribution in [-0.4, -0.2) is 16.6 Å². The minimum atomic E-state index is 0.280. The topological polar surface area (TPSA) is 37.9 Å². The fraction of sp³-hybridized carbons (Fsp3) is 0.571. The molecule has 1 aromatic heterocycles. The third-order valence-corrected chi connectivity index (χ3v) is 1.80. The van der Waals surface area contributed by atoms with E-state index in [1.54, 1.807) is 6.33 Å². The first kappa shape index (κ1) is 5.92. The molecule has 0 amide bonds. The normalized spacial score (nSPS) is 25.4. The quantitative estimate of drug-likeness (QED) is 0.634. The first-order valence-corrected chi connectivity index (χ1v) is 3.57. The van der Waals surface area contributed by atoms with Crippen molar-refractivity contribution in [2.45, 2.75) is 18.9 Å². The van der Waals surface area contributed by atoms with Gasteiger partial charge in [0, 0.05) is 6.61 Å². The monoisotopic (exact) mass is 138 g/mol. The molecule has 2 rings (SSSR count). The van der Waals surface area contributed by atoms with Gasteiger partial charge in [-0.1, -0.05) is 0 Å². The third-order valence-electron chi connectivity index (χ3n) is 1.80. The van der Waals surface area contributed by atoms with Crippen molar-refractivity contribution in [1.29, 1.82) is 0 Å². The lowest BCUT2D eigenvalue weighted by Gasteiger charge is -2.03. The van der Waals surface area contributed by atoms with Gasteiger partial charge in [0.05, 0.1) is 24.3 Å². The predicted molar refractivity (Wildman–Crippen MR) is 36.5 cm³/mol. The van der Waals surface area contributed by atoms with Gasteiger partial charge in [0.15, 0.2) is 0 Å². The van der Waals surface area contributed by atoms with Crippen molar-refractivity contribution in [3.05, 3.63) is 18.2 Å². The summed E-state index contributed by atoms with van der Waals surface area (Å²) in [5.41, 5.74) is 1.11. The summed E-state index contributed by atoms with van der Waals surface area (Å²) in [6, 6.07) is 0. The van der Waals surface area contributed by atoms with E-state index in [0.717, 1.165) is 18.7 Å². The lowest BCUT2D eigenvalue weighted by atomic mass is 10.2. The molecule has 2 heterocycles. The summed E-state index contributed by atoms with van der Waals surface area (Å²) in [7, 11) is 0. The van der Waals surface area contributed by atoms with Crippen molar-refractivity contribution in [1.82, 2.24) is 9.97 Å². The van der Waals surface area contributed by atoms with Crippen molar-refractivity contribution < 1.29 is 4.74 Å². The highest BCUT2D eigenvalue weighted by Crippen LogP contribution is 2.25. The van der Waals surface area contributed by atoms with Gasteiger partial charge in [-0.05, 0) is 12.8 Å². The number of nitrogens with zero attached hydrogens (tertiary/aromatic N) is 1. The zero-order chi connectivity index (χ0) is 6.81. The van der Waals surface area contributed by atoms with Crippen molar-refractivity contribution in [2.75, 3.05) is 6.61 Å². The Morgan fingerprint density at radius 3 is 3.30 bits per heavy atom. The van der Waals surface area contributed by atoms with Crippen LogP contribution in [0, 0.1) is 0 Å². The van der Waals surface area contributed by atoms with Gasteiger partial charge in [-0.2, -0.15) is 0 Å². The number of aromatic nitrogens is 2. The van der Waals surface area contributed by atoms with Crippen molar-refractivity contribution in [3.8, 4) is 0 Å². The van der Waals surface area contributed by atoms with Crippen molar-refractivity contribution >= 4 is 0 Å². The van der Waals surface area contributed by atoms with Crippen LogP contribution in [0.5, 0.6) is 0 Å². The van der Waals surface area contributed by atoms with Crippen LogP contribution in [0.1, 0.15) is 24.6 Å². The molecule has 10 heavy (non-hydrogen) atoms. The summed E-state index contributed by atoms with van der Waals surface area (Å²) in [6.45, 7) is 0.893. The molecule has 1 aliphatic heterocycles. The maximum atomic E-state index is 5.43. The SMILES string of the molecule is c1ncc([C@@H]2CCCO2)[nH]1. The Balaban J connectivity index is 2.12. The van der Waals surface area contributed by atoms with Gasteiger partial charge < -0.3 is 9.72 Å². The molecule has 0 spiro atoms. The van der Waals surface area contributed by atoms with Crippen molar-refractivity contribution in [3.63, 3.8) is 0 Å². The molecule has 1 aromatic rings. The highest BCUT2D eigenvalue weighted by atomic mass is 16.5. The maximum absolute atomic E-state index is 5.43. The lowest BCUT2D eigenvalue weighted by molar-refractivity contribution is 0.109. The molecule has 54 valence electrons.